The summed E-state index contributed by atoms with van der Waals surface area (Å²) in [5.74, 6) is 0. The molecule has 10 heteroatoms. The molecule has 26 heavy (non-hydrogen) atoms. The molecule has 138 valence electrons. The minimum atomic E-state index is 0.288. The van der Waals surface area contributed by atoms with Crippen LogP contribution in [0.1, 0.15) is 31.6 Å². The summed E-state index contributed by atoms with van der Waals surface area (Å²) in [5.41, 5.74) is 1.24. The minimum absolute atomic E-state index is 0.288. The third-order valence-corrected chi connectivity index (χ3v) is 6.16. The van der Waals surface area contributed by atoms with Gasteiger partial charge in [0.2, 0.25) is 0 Å². The quantitative estimate of drug-likeness (QED) is 0.657. The summed E-state index contributed by atoms with van der Waals surface area (Å²) in [7, 11) is 1.96. The zero-order valence-corrected chi connectivity index (χ0v) is 16.8. The van der Waals surface area contributed by atoms with Crippen LogP contribution in [0, 0.1) is 13.8 Å². The Kier molecular flexibility index (Phi) is 5.07. The average molecular weight is 391 g/mol. The van der Waals surface area contributed by atoms with Crippen LogP contribution in [-0.4, -0.2) is 59.6 Å². The summed E-state index contributed by atoms with van der Waals surface area (Å²) in [6.45, 7) is 8.62. The first kappa shape index (κ1) is 17.7. The second-order valence-electron chi connectivity index (χ2n) is 6.60. The molecule has 3 aromatic rings. The van der Waals surface area contributed by atoms with E-state index >= 15 is 0 Å². The largest absolute Gasteiger partial charge is 0.293 e. The van der Waals surface area contributed by atoms with Crippen molar-refractivity contribution in [1.29, 1.82) is 0 Å². The molecule has 0 bridgehead atoms. The van der Waals surface area contributed by atoms with Crippen molar-refractivity contribution in [2.75, 3.05) is 19.6 Å². The van der Waals surface area contributed by atoms with Crippen LogP contribution in [0.25, 0.3) is 0 Å². The van der Waals surface area contributed by atoms with Gasteiger partial charge in [-0.3, -0.25) is 14.5 Å². The monoisotopic (exact) mass is 390 g/mol. The maximum Gasteiger partial charge on any atom is 0.131 e. The molecular weight excluding hydrogens is 368 g/mol. The Labute approximate surface area is 160 Å². The third kappa shape index (κ3) is 3.98. The fourth-order valence-electron chi connectivity index (χ4n) is 3.31. The van der Waals surface area contributed by atoms with Crippen LogP contribution in [0.15, 0.2) is 12.4 Å². The van der Waals surface area contributed by atoms with Gasteiger partial charge in [0.1, 0.15) is 20.0 Å². The van der Waals surface area contributed by atoms with E-state index in [4.69, 9.17) is 0 Å². The fraction of sp³-hybridized carbons (Fsp3) is 0.562. The highest BCUT2D eigenvalue weighted by molar-refractivity contribution is 7.11. The van der Waals surface area contributed by atoms with Crippen molar-refractivity contribution in [3.63, 3.8) is 0 Å². The molecular formula is C16H22N8S2. The first-order valence-electron chi connectivity index (χ1n) is 8.60. The van der Waals surface area contributed by atoms with E-state index in [1.807, 2.05) is 31.8 Å². The van der Waals surface area contributed by atoms with Gasteiger partial charge in [-0.05, 0) is 13.8 Å². The topological polar surface area (TPSA) is 75.9 Å². The number of aryl methyl sites for hydroxylation is 3. The maximum absolute atomic E-state index is 4.38. The molecule has 0 amide bonds. The Morgan fingerprint density at radius 2 is 1.69 bits per heavy atom. The van der Waals surface area contributed by atoms with Gasteiger partial charge in [-0.2, -0.15) is 5.10 Å². The van der Waals surface area contributed by atoms with E-state index in [0.717, 1.165) is 52.8 Å². The molecule has 4 rings (SSSR count). The highest BCUT2D eigenvalue weighted by Crippen LogP contribution is 2.28. The van der Waals surface area contributed by atoms with Gasteiger partial charge >= 0.3 is 0 Å². The smallest absolute Gasteiger partial charge is 0.131 e. The molecule has 3 aromatic heterocycles. The first-order chi connectivity index (χ1) is 12.6. The lowest BCUT2D eigenvalue weighted by atomic mass is 10.1. The average Bonchev–Trinajstić information content (AvgIpc) is 3.32. The molecule has 0 unspecified atom stereocenters. The fourth-order valence-corrected chi connectivity index (χ4v) is 4.79. The molecule has 1 aliphatic rings. The Hall–Kier alpha value is -1.75. The van der Waals surface area contributed by atoms with Crippen molar-refractivity contribution in [2.45, 2.75) is 33.0 Å². The zero-order valence-electron chi connectivity index (χ0n) is 15.2. The van der Waals surface area contributed by atoms with Crippen LogP contribution in [-0.2, 0) is 20.1 Å². The van der Waals surface area contributed by atoms with Crippen LogP contribution in [0.5, 0.6) is 0 Å². The highest BCUT2D eigenvalue weighted by Gasteiger charge is 2.30. The lowest BCUT2D eigenvalue weighted by Crippen LogP contribution is -2.47. The summed E-state index contributed by atoms with van der Waals surface area (Å²) in [5, 5.41) is 25.5. The van der Waals surface area contributed by atoms with E-state index < -0.39 is 0 Å². The van der Waals surface area contributed by atoms with Gasteiger partial charge in [0.15, 0.2) is 0 Å². The van der Waals surface area contributed by atoms with Gasteiger partial charge in [-0.15, -0.1) is 43.1 Å². The second-order valence-corrected chi connectivity index (χ2v) is 9.13. The van der Waals surface area contributed by atoms with Crippen LogP contribution in [0.2, 0.25) is 0 Å². The molecule has 0 saturated carbocycles. The molecule has 0 N–H and O–H groups in total. The van der Waals surface area contributed by atoms with Crippen LogP contribution < -0.4 is 0 Å². The molecule has 0 radical (unpaired) electrons. The van der Waals surface area contributed by atoms with Crippen molar-refractivity contribution in [2.24, 2.45) is 7.05 Å². The van der Waals surface area contributed by atoms with E-state index in [1.165, 1.54) is 5.56 Å². The molecule has 1 saturated heterocycles. The van der Waals surface area contributed by atoms with Crippen LogP contribution in [0.3, 0.4) is 0 Å². The van der Waals surface area contributed by atoms with Crippen LogP contribution in [0.4, 0.5) is 0 Å². The van der Waals surface area contributed by atoms with Gasteiger partial charge < -0.3 is 0 Å². The first-order valence-corrected chi connectivity index (χ1v) is 10.2. The number of piperazine rings is 1. The number of hydrogen-bond donors (Lipinski definition) is 0. The number of nitrogens with zero attached hydrogens (tertiary/aromatic N) is 8. The van der Waals surface area contributed by atoms with E-state index in [2.05, 4.69) is 41.5 Å². The standard InChI is InChI=1S/C16H22N8S2/c1-11-18-20-15(25-11)9-23-4-5-24(10-16-21-19-12(2)26-16)14(8-23)13-6-17-22(3)7-13/h6-7,14H,4-5,8-10H2,1-3H3/t14-/m0/s1. The van der Waals surface area contributed by atoms with Crippen molar-refractivity contribution in [3.05, 3.63) is 38.0 Å². The van der Waals surface area contributed by atoms with Gasteiger partial charge in [0.25, 0.3) is 0 Å². The van der Waals surface area contributed by atoms with E-state index in [0.29, 0.717) is 0 Å². The predicted molar refractivity (Wildman–Crippen MR) is 101 cm³/mol. The molecule has 1 fully saturated rings. The van der Waals surface area contributed by atoms with Crippen molar-refractivity contribution in [3.8, 4) is 0 Å². The normalized spacial score (nSPS) is 19.3. The van der Waals surface area contributed by atoms with Crippen molar-refractivity contribution in [1.82, 2.24) is 40.0 Å². The van der Waals surface area contributed by atoms with E-state index in [-0.39, 0.29) is 6.04 Å². The number of rotatable bonds is 5. The van der Waals surface area contributed by atoms with E-state index in [1.54, 1.807) is 22.7 Å². The van der Waals surface area contributed by atoms with Gasteiger partial charge in [0, 0.05) is 38.4 Å². The van der Waals surface area contributed by atoms with Gasteiger partial charge in [-0.25, -0.2) is 0 Å². The minimum Gasteiger partial charge on any atom is -0.293 e. The molecule has 0 aliphatic carbocycles. The summed E-state index contributed by atoms with van der Waals surface area (Å²) < 4.78 is 1.87. The summed E-state index contributed by atoms with van der Waals surface area (Å²) >= 11 is 3.35. The third-order valence-electron chi connectivity index (χ3n) is 4.52. The summed E-state index contributed by atoms with van der Waals surface area (Å²) in [4.78, 5) is 4.94. The molecule has 1 atom stereocenters. The number of hydrogen-bond acceptors (Lipinski definition) is 9. The Morgan fingerprint density at radius 3 is 2.27 bits per heavy atom. The lowest BCUT2D eigenvalue weighted by Gasteiger charge is -2.40. The maximum atomic E-state index is 4.38. The summed E-state index contributed by atoms with van der Waals surface area (Å²) in [6, 6.07) is 0.288. The lowest BCUT2D eigenvalue weighted by molar-refractivity contribution is 0.0632. The van der Waals surface area contributed by atoms with E-state index in [9.17, 15) is 0 Å². The Balaban J connectivity index is 1.51. The molecule has 4 heterocycles. The van der Waals surface area contributed by atoms with Gasteiger partial charge in [0.05, 0.1) is 25.3 Å². The number of aromatic nitrogens is 6. The zero-order chi connectivity index (χ0) is 18.1. The molecule has 0 aromatic carbocycles. The molecule has 8 nitrogen and oxygen atoms in total. The van der Waals surface area contributed by atoms with Crippen LogP contribution >= 0.6 is 22.7 Å². The van der Waals surface area contributed by atoms with Crippen molar-refractivity contribution < 1.29 is 0 Å². The molecule has 1 aliphatic heterocycles. The highest BCUT2D eigenvalue weighted by atomic mass is 32.1. The van der Waals surface area contributed by atoms with Gasteiger partial charge in [-0.1, -0.05) is 0 Å². The second kappa shape index (κ2) is 7.47. The molecule has 0 spiro atoms. The Morgan fingerprint density at radius 1 is 1.00 bits per heavy atom. The van der Waals surface area contributed by atoms with Crippen molar-refractivity contribution >= 4 is 22.7 Å². The summed E-state index contributed by atoms with van der Waals surface area (Å²) in [6.07, 6.45) is 4.09. The predicted octanol–water partition coefficient (Wildman–Crippen LogP) is 1.80. The Bertz CT molecular complexity index is 869. The SMILES string of the molecule is Cc1nnc(CN2CCN(Cc3nnc(C)s3)[C@H](c3cnn(C)c3)C2)s1.